The molecule has 2 aromatic carbocycles. The second-order valence-corrected chi connectivity index (χ2v) is 10.4. The molecule has 1 N–H and O–H groups in total. The summed E-state index contributed by atoms with van der Waals surface area (Å²) in [5.74, 6) is -1.07. The molecule has 2 bridgehead atoms. The van der Waals surface area contributed by atoms with Crippen LogP contribution in [0.5, 0.6) is 0 Å². The van der Waals surface area contributed by atoms with Crippen LogP contribution in [0.25, 0.3) is 10.8 Å². The highest BCUT2D eigenvalue weighted by atomic mass is 79.9. The van der Waals surface area contributed by atoms with Crippen LogP contribution in [0, 0.1) is 23.7 Å². The van der Waals surface area contributed by atoms with Gasteiger partial charge in [-0.15, -0.1) is 0 Å². The zero-order valence-corrected chi connectivity index (χ0v) is 18.9. The van der Waals surface area contributed by atoms with Gasteiger partial charge < -0.3 is 5.32 Å². The van der Waals surface area contributed by atoms with E-state index in [-0.39, 0.29) is 51.0 Å². The van der Waals surface area contributed by atoms with E-state index < -0.39 is 6.04 Å². The van der Waals surface area contributed by atoms with Crippen LogP contribution >= 0.6 is 31.9 Å². The van der Waals surface area contributed by atoms with Crippen LogP contribution in [0.2, 0.25) is 0 Å². The number of likely N-dealkylation sites (tertiary alicyclic amines) is 1. The first-order valence-corrected chi connectivity index (χ1v) is 11.7. The van der Waals surface area contributed by atoms with Crippen LogP contribution < -0.4 is 5.32 Å². The molecule has 0 spiro atoms. The number of nitrogens with one attached hydrogen (secondary N) is 1. The van der Waals surface area contributed by atoms with Gasteiger partial charge in [0.1, 0.15) is 6.04 Å². The zero-order chi connectivity index (χ0) is 20.4. The summed E-state index contributed by atoms with van der Waals surface area (Å²) in [5.41, 5.74) is 0.681. The fourth-order valence-electron chi connectivity index (χ4n) is 5.44. The van der Waals surface area contributed by atoms with Crippen molar-refractivity contribution in [2.75, 3.05) is 5.32 Å². The highest BCUT2D eigenvalue weighted by Gasteiger charge is 2.67. The minimum absolute atomic E-state index is 0.143. The molecule has 3 amide bonds. The maximum atomic E-state index is 13.1. The second-order valence-electron chi connectivity index (χ2n) is 8.24. The van der Waals surface area contributed by atoms with E-state index in [1.807, 2.05) is 42.5 Å². The average molecular weight is 520 g/mol. The van der Waals surface area contributed by atoms with Gasteiger partial charge in [-0.1, -0.05) is 68.3 Å². The Morgan fingerprint density at radius 1 is 1.00 bits per heavy atom. The number of rotatable bonds is 3. The topological polar surface area (TPSA) is 66.5 Å². The van der Waals surface area contributed by atoms with Crippen molar-refractivity contribution in [1.29, 1.82) is 0 Å². The molecule has 1 heterocycles. The van der Waals surface area contributed by atoms with Gasteiger partial charge in [-0.2, -0.15) is 0 Å². The summed E-state index contributed by atoms with van der Waals surface area (Å²) in [5, 5.41) is 4.86. The van der Waals surface area contributed by atoms with Gasteiger partial charge in [-0.05, 0) is 36.6 Å². The van der Waals surface area contributed by atoms with Crippen LogP contribution in [0.4, 0.5) is 5.69 Å². The highest BCUT2D eigenvalue weighted by Crippen LogP contribution is 2.60. The Balaban J connectivity index is 1.39. The van der Waals surface area contributed by atoms with Crippen LogP contribution in [0.15, 0.2) is 42.5 Å². The van der Waals surface area contributed by atoms with Crippen molar-refractivity contribution in [3.05, 3.63) is 42.5 Å². The van der Waals surface area contributed by atoms with Crippen molar-refractivity contribution in [1.82, 2.24) is 4.90 Å². The van der Waals surface area contributed by atoms with Crippen LogP contribution in [-0.4, -0.2) is 38.3 Å². The van der Waals surface area contributed by atoms with Gasteiger partial charge in [0.05, 0.1) is 11.8 Å². The number of hydrogen-bond acceptors (Lipinski definition) is 3. The third-order valence-electron chi connectivity index (χ3n) is 6.84. The smallest absolute Gasteiger partial charge is 0.247 e. The first kappa shape index (κ1) is 19.2. The Hall–Kier alpha value is -1.73. The minimum atomic E-state index is -0.846. The van der Waals surface area contributed by atoms with Gasteiger partial charge >= 0.3 is 0 Å². The van der Waals surface area contributed by atoms with E-state index in [0.717, 1.165) is 17.2 Å². The molecule has 7 heteroatoms. The molecule has 2 aromatic rings. The Labute approximate surface area is 185 Å². The third kappa shape index (κ3) is 2.73. The number of benzene rings is 2. The van der Waals surface area contributed by atoms with E-state index in [1.54, 1.807) is 6.92 Å². The number of carbonyl (C=O) groups excluding carboxylic acids is 3. The maximum Gasteiger partial charge on any atom is 0.247 e. The van der Waals surface area contributed by atoms with Crippen LogP contribution in [-0.2, 0) is 14.4 Å². The summed E-state index contributed by atoms with van der Waals surface area (Å²) < 4.78 is 0. The average Bonchev–Trinajstić information content (AvgIpc) is 3.32. The normalized spacial score (nSPS) is 34.0. The first-order valence-electron chi connectivity index (χ1n) is 9.84. The van der Waals surface area contributed by atoms with E-state index in [1.165, 1.54) is 4.90 Å². The standard InChI is InChI=1S/C22H20Br2N2O3/c1-10(20(27)25-15-8-4-6-11-5-2-3-7-12(11)15)26-21(28)16-13-9-14(17(16)22(26)29)19(24)18(13)23/h2-8,10,13-14,16-19H,9H2,1H3,(H,25,27). The first-order chi connectivity index (χ1) is 13.9. The van der Waals surface area contributed by atoms with Gasteiger partial charge in [0.15, 0.2) is 0 Å². The molecule has 5 rings (SSSR count). The summed E-state index contributed by atoms with van der Waals surface area (Å²) in [6.45, 7) is 1.64. The molecule has 150 valence electrons. The number of alkyl halides is 2. The lowest BCUT2D eigenvalue weighted by Crippen LogP contribution is -2.46. The van der Waals surface area contributed by atoms with Gasteiger partial charge in [-0.3, -0.25) is 19.3 Å². The lowest BCUT2D eigenvalue weighted by molar-refractivity contribution is -0.146. The fourth-order valence-corrected chi connectivity index (χ4v) is 7.32. The van der Waals surface area contributed by atoms with E-state index in [2.05, 4.69) is 37.2 Å². The number of halogens is 2. The van der Waals surface area contributed by atoms with E-state index in [9.17, 15) is 14.4 Å². The summed E-state index contributed by atoms with van der Waals surface area (Å²) >= 11 is 7.38. The molecule has 7 unspecified atom stereocenters. The SMILES string of the molecule is CC(C(=O)Nc1cccc2ccccc12)N1C(=O)C2C3CC(C(Br)C3Br)C2C1=O. The van der Waals surface area contributed by atoms with E-state index in [0.29, 0.717) is 5.69 Å². The van der Waals surface area contributed by atoms with Crippen molar-refractivity contribution in [2.24, 2.45) is 23.7 Å². The molecule has 7 atom stereocenters. The Bertz CT molecular complexity index is 1000. The lowest BCUT2D eigenvalue weighted by Gasteiger charge is -2.28. The van der Waals surface area contributed by atoms with Crippen LogP contribution in [0.3, 0.4) is 0 Å². The van der Waals surface area contributed by atoms with Gasteiger partial charge in [-0.25, -0.2) is 0 Å². The van der Waals surface area contributed by atoms with Gasteiger partial charge in [0.2, 0.25) is 17.7 Å². The summed E-state index contributed by atoms with van der Waals surface area (Å²) in [6, 6.07) is 12.6. The fraction of sp³-hybridized carbons (Fsp3) is 0.409. The number of anilines is 1. The monoisotopic (exact) mass is 518 g/mol. The predicted molar refractivity (Wildman–Crippen MR) is 118 cm³/mol. The zero-order valence-electron chi connectivity index (χ0n) is 15.7. The molecule has 2 aliphatic carbocycles. The predicted octanol–water partition coefficient (Wildman–Crippen LogP) is 3.94. The Kier molecular flexibility index (Phi) is 4.59. The quantitative estimate of drug-likeness (QED) is 0.493. The lowest BCUT2D eigenvalue weighted by atomic mass is 9.81. The van der Waals surface area contributed by atoms with Crippen molar-refractivity contribution in [3.63, 3.8) is 0 Å². The third-order valence-corrected chi connectivity index (χ3v) is 10.0. The summed E-state index contributed by atoms with van der Waals surface area (Å²) in [6.07, 6.45) is 0.878. The number of fused-ring (bicyclic) bond motifs is 6. The molecule has 0 radical (unpaired) electrons. The maximum absolute atomic E-state index is 13.1. The largest absolute Gasteiger partial charge is 0.324 e. The molecule has 1 aliphatic heterocycles. The van der Waals surface area contributed by atoms with Gasteiger partial charge in [0, 0.05) is 20.7 Å². The molecule has 29 heavy (non-hydrogen) atoms. The highest BCUT2D eigenvalue weighted by molar-refractivity contribution is 9.12. The molecular weight excluding hydrogens is 500 g/mol. The number of amides is 3. The molecule has 3 aliphatic rings. The number of hydrogen-bond donors (Lipinski definition) is 1. The molecule has 1 saturated heterocycles. The molecule has 0 aromatic heterocycles. The van der Waals surface area contributed by atoms with Gasteiger partial charge in [0.25, 0.3) is 0 Å². The van der Waals surface area contributed by atoms with E-state index in [4.69, 9.17) is 0 Å². The number of nitrogens with zero attached hydrogens (tertiary/aromatic N) is 1. The summed E-state index contributed by atoms with van der Waals surface area (Å²) in [7, 11) is 0. The van der Waals surface area contributed by atoms with Crippen molar-refractivity contribution in [3.8, 4) is 0 Å². The van der Waals surface area contributed by atoms with E-state index >= 15 is 0 Å². The van der Waals surface area contributed by atoms with Crippen molar-refractivity contribution in [2.45, 2.75) is 29.0 Å². The van der Waals surface area contributed by atoms with Crippen molar-refractivity contribution >= 4 is 66.0 Å². The molecule has 3 fully saturated rings. The van der Waals surface area contributed by atoms with Crippen molar-refractivity contribution < 1.29 is 14.4 Å². The summed E-state index contributed by atoms with van der Waals surface area (Å²) in [4.78, 5) is 40.8. The molecule has 2 saturated carbocycles. The second kappa shape index (κ2) is 6.91. The molecular formula is C22H20Br2N2O3. The minimum Gasteiger partial charge on any atom is -0.324 e. The van der Waals surface area contributed by atoms with Crippen LogP contribution in [0.1, 0.15) is 13.3 Å². The Morgan fingerprint density at radius 2 is 1.59 bits per heavy atom. The number of imide groups is 1. The molecule has 5 nitrogen and oxygen atoms in total. The Morgan fingerprint density at radius 3 is 2.24 bits per heavy atom. The number of carbonyl (C=O) groups is 3.